The van der Waals surface area contributed by atoms with Crippen molar-refractivity contribution >= 4 is 11.2 Å². The van der Waals surface area contributed by atoms with E-state index in [0.717, 1.165) is 22.5 Å². The van der Waals surface area contributed by atoms with E-state index in [1.807, 2.05) is 43.6 Å². The number of pyridine rings is 1. The summed E-state index contributed by atoms with van der Waals surface area (Å²) >= 11 is 0. The summed E-state index contributed by atoms with van der Waals surface area (Å²) in [5, 5.41) is 4.21. The van der Waals surface area contributed by atoms with Crippen molar-refractivity contribution in [3.8, 4) is 22.8 Å². The number of fused-ring (bicyclic) bond motifs is 1. The first-order valence-electron chi connectivity index (χ1n) is 10.1. The lowest BCUT2D eigenvalue weighted by Gasteiger charge is -2.20. The van der Waals surface area contributed by atoms with Crippen molar-refractivity contribution in [2.24, 2.45) is 7.05 Å². The number of benzene rings is 1. The number of aryl methyl sites for hydroxylation is 1. The summed E-state index contributed by atoms with van der Waals surface area (Å²) in [6.45, 7) is 4.02. The quantitative estimate of drug-likeness (QED) is 0.388. The van der Waals surface area contributed by atoms with Crippen molar-refractivity contribution in [3.05, 3.63) is 72.5 Å². The third-order valence-corrected chi connectivity index (χ3v) is 5.28. The molecule has 164 valence electrons. The van der Waals surface area contributed by atoms with Gasteiger partial charge in [0.2, 0.25) is 0 Å². The molecule has 4 rings (SSSR count). The summed E-state index contributed by atoms with van der Waals surface area (Å²) in [5.41, 5.74) is 4.68. The van der Waals surface area contributed by atoms with Crippen LogP contribution in [0.4, 0.5) is 0 Å². The van der Waals surface area contributed by atoms with Gasteiger partial charge in [-0.15, -0.1) is 0 Å². The standard InChI is InChI=1S/C24H25N5O3/c1-15(30-3)8-20(16-9-18(31-4)11-19(10-16)32-5)21-6-7-22-24(27-21)28-23(13-25-22)17-12-26-29(2)14-17/h6-7,9-14,20H,1,8H2,2-5H3. The van der Waals surface area contributed by atoms with Crippen molar-refractivity contribution in [2.45, 2.75) is 12.3 Å². The van der Waals surface area contributed by atoms with Gasteiger partial charge in [-0.05, 0) is 29.8 Å². The van der Waals surface area contributed by atoms with Crippen LogP contribution < -0.4 is 9.47 Å². The minimum Gasteiger partial charge on any atom is -0.502 e. The number of aromatic nitrogens is 5. The predicted octanol–water partition coefficient (Wildman–Crippen LogP) is 4.12. The largest absolute Gasteiger partial charge is 0.502 e. The second kappa shape index (κ2) is 9.05. The van der Waals surface area contributed by atoms with E-state index < -0.39 is 0 Å². The molecule has 1 unspecified atom stereocenters. The Labute approximate surface area is 186 Å². The fourth-order valence-electron chi connectivity index (χ4n) is 3.53. The minimum absolute atomic E-state index is 0.139. The third kappa shape index (κ3) is 4.39. The van der Waals surface area contributed by atoms with Gasteiger partial charge in [0.25, 0.3) is 0 Å². The molecule has 32 heavy (non-hydrogen) atoms. The molecule has 0 N–H and O–H groups in total. The molecule has 1 aromatic carbocycles. The smallest absolute Gasteiger partial charge is 0.179 e. The van der Waals surface area contributed by atoms with E-state index in [1.54, 1.807) is 38.4 Å². The fourth-order valence-corrected chi connectivity index (χ4v) is 3.53. The Hall–Kier alpha value is -3.94. The van der Waals surface area contributed by atoms with Gasteiger partial charge in [-0.1, -0.05) is 6.58 Å². The molecule has 0 radical (unpaired) electrons. The second-order valence-corrected chi connectivity index (χ2v) is 7.38. The molecule has 0 aliphatic carbocycles. The van der Waals surface area contributed by atoms with Crippen LogP contribution >= 0.6 is 0 Å². The maximum absolute atomic E-state index is 5.47. The van der Waals surface area contributed by atoms with E-state index in [9.17, 15) is 0 Å². The molecule has 1 atom stereocenters. The highest BCUT2D eigenvalue weighted by atomic mass is 16.5. The maximum Gasteiger partial charge on any atom is 0.179 e. The molecule has 4 aromatic rings. The fraction of sp³-hybridized carbons (Fsp3) is 0.250. The summed E-state index contributed by atoms with van der Waals surface area (Å²) < 4.78 is 18.0. The van der Waals surface area contributed by atoms with E-state index in [0.29, 0.717) is 34.8 Å². The Morgan fingerprint density at radius 3 is 2.41 bits per heavy atom. The number of methoxy groups -OCH3 is 3. The van der Waals surface area contributed by atoms with E-state index >= 15 is 0 Å². The summed E-state index contributed by atoms with van der Waals surface area (Å²) in [5.74, 6) is 1.91. The van der Waals surface area contributed by atoms with Crippen LogP contribution in [0.25, 0.3) is 22.4 Å². The first kappa shape index (κ1) is 21.3. The van der Waals surface area contributed by atoms with Crippen LogP contribution in [-0.2, 0) is 11.8 Å². The highest BCUT2D eigenvalue weighted by Gasteiger charge is 2.21. The van der Waals surface area contributed by atoms with Gasteiger partial charge in [-0.3, -0.25) is 9.67 Å². The van der Waals surface area contributed by atoms with Crippen molar-refractivity contribution in [3.63, 3.8) is 0 Å². The Bertz CT molecular complexity index is 1250. The molecular formula is C24H25N5O3. The zero-order valence-electron chi connectivity index (χ0n) is 18.6. The molecule has 0 bridgehead atoms. The first-order valence-corrected chi connectivity index (χ1v) is 10.1. The van der Waals surface area contributed by atoms with Crippen molar-refractivity contribution in [2.75, 3.05) is 21.3 Å². The van der Waals surface area contributed by atoms with Gasteiger partial charge < -0.3 is 14.2 Å². The number of nitrogens with zero attached hydrogens (tertiary/aromatic N) is 5. The zero-order valence-corrected chi connectivity index (χ0v) is 18.6. The Kier molecular flexibility index (Phi) is 6.02. The molecule has 8 nitrogen and oxygen atoms in total. The summed E-state index contributed by atoms with van der Waals surface area (Å²) in [6.07, 6.45) is 5.93. The third-order valence-electron chi connectivity index (χ3n) is 5.28. The van der Waals surface area contributed by atoms with E-state index in [4.69, 9.17) is 24.2 Å². The highest BCUT2D eigenvalue weighted by Crippen LogP contribution is 2.35. The Morgan fingerprint density at radius 2 is 1.78 bits per heavy atom. The predicted molar refractivity (Wildman–Crippen MR) is 122 cm³/mol. The van der Waals surface area contributed by atoms with Crippen LogP contribution in [0.5, 0.6) is 11.5 Å². The average molecular weight is 431 g/mol. The zero-order chi connectivity index (χ0) is 22.7. The number of hydrogen-bond acceptors (Lipinski definition) is 7. The van der Waals surface area contributed by atoms with Crippen molar-refractivity contribution in [1.82, 2.24) is 24.7 Å². The normalized spacial score (nSPS) is 11.9. The van der Waals surface area contributed by atoms with Crippen LogP contribution in [0.15, 0.2) is 61.3 Å². The van der Waals surface area contributed by atoms with Gasteiger partial charge in [0, 0.05) is 37.2 Å². The van der Waals surface area contributed by atoms with Gasteiger partial charge in [-0.2, -0.15) is 5.10 Å². The average Bonchev–Trinajstić information content (AvgIpc) is 3.27. The van der Waals surface area contributed by atoms with E-state index in [2.05, 4.69) is 16.7 Å². The molecule has 0 aliphatic heterocycles. The molecule has 0 fully saturated rings. The van der Waals surface area contributed by atoms with E-state index in [-0.39, 0.29) is 5.92 Å². The summed E-state index contributed by atoms with van der Waals surface area (Å²) in [4.78, 5) is 14.1. The minimum atomic E-state index is -0.139. The number of ether oxygens (including phenoxy) is 3. The summed E-state index contributed by atoms with van der Waals surface area (Å²) in [6, 6.07) is 9.67. The molecule has 0 saturated heterocycles. The van der Waals surface area contributed by atoms with Crippen LogP contribution in [0.1, 0.15) is 23.6 Å². The van der Waals surface area contributed by atoms with Gasteiger partial charge in [-0.25, -0.2) is 9.97 Å². The first-order chi connectivity index (χ1) is 15.5. The Balaban J connectivity index is 1.81. The number of allylic oxidation sites excluding steroid dienone is 1. The maximum atomic E-state index is 5.47. The molecule has 0 saturated carbocycles. The van der Waals surface area contributed by atoms with E-state index in [1.165, 1.54) is 0 Å². The summed E-state index contributed by atoms with van der Waals surface area (Å²) in [7, 11) is 6.74. The number of hydrogen-bond donors (Lipinski definition) is 0. The molecule has 3 aromatic heterocycles. The van der Waals surface area contributed by atoms with Gasteiger partial charge in [0.05, 0.1) is 50.9 Å². The van der Waals surface area contributed by atoms with Crippen molar-refractivity contribution in [1.29, 1.82) is 0 Å². The molecule has 3 heterocycles. The van der Waals surface area contributed by atoms with Crippen LogP contribution in [0.3, 0.4) is 0 Å². The van der Waals surface area contributed by atoms with Crippen LogP contribution in [0, 0.1) is 0 Å². The topological polar surface area (TPSA) is 84.2 Å². The molecular weight excluding hydrogens is 406 g/mol. The molecule has 0 aliphatic rings. The van der Waals surface area contributed by atoms with Crippen LogP contribution in [0.2, 0.25) is 0 Å². The highest BCUT2D eigenvalue weighted by molar-refractivity contribution is 5.73. The second-order valence-electron chi connectivity index (χ2n) is 7.38. The van der Waals surface area contributed by atoms with Gasteiger partial charge in [0.1, 0.15) is 17.0 Å². The Morgan fingerprint density at radius 1 is 1.03 bits per heavy atom. The monoisotopic (exact) mass is 431 g/mol. The van der Waals surface area contributed by atoms with Gasteiger partial charge >= 0.3 is 0 Å². The SMILES string of the molecule is C=C(CC(c1cc(OC)cc(OC)c1)c1ccc2ncc(-c3cnn(C)c3)nc2n1)OC. The molecule has 0 amide bonds. The molecule has 0 spiro atoms. The lowest BCUT2D eigenvalue weighted by atomic mass is 9.91. The van der Waals surface area contributed by atoms with Crippen molar-refractivity contribution < 1.29 is 14.2 Å². The van der Waals surface area contributed by atoms with Gasteiger partial charge in [0.15, 0.2) is 5.65 Å². The van der Waals surface area contributed by atoms with Crippen LogP contribution in [-0.4, -0.2) is 46.1 Å². The molecule has 8 heteroatoms. The lowest BCUT2D eigenvalue weighted by Crippen LogP contribution is -2.07. The lowest BCUT2D eigenvalue weighted by molar-refractivity contribution is 0.275. The number of rotatable bonds is 8.